The molecule has 1 aromatic carbocycles. The minimum absolute atomic E-state index is 0.200. The second-order valence-corrected chi connectivity index (χ2v) is 6.10. The molecule has 24 heavy (non-hydrogen) atoms. The van der Waals surface area contributed by atoms with Crippen LogP contribution in [-0.4, -0.2) is 44.3 Å². The van der Waals surface area contributed by atoms with E-state index in [4.69, 9.17) is 0 Å². The molecule has 4 N–H and O–H groups in total. The van der Waals surface area contributed by atoms with Crippen LogP contribution in [0.3, 0.4) is 0 Å². The van der Waals surface area contributed by atoms with E-state index in [1.807, 2.05) is 41.2 Å². The first-order valence-corrected chi connectivity index (χ1v) is 8.06. The summed E-state index contributed by atoms with van der Waals surface area (Å²) in [7, 11) is 0. The summed E-state index contributed by atoms with van der Waals surface area (Å²) in [6, 6.07) is 9.26. The van der Waals surface area contributed by atoms with E-state index in [2.05, 4.69) is 15.7 Å². The van der Waals surface area contributed by atoms with Gasteiger partial charge in [-0.15, -0.1) is 0 Å². The smallest absolute Gasteiger partial charge is 0.315 e. The molecule has 7 heteroatoms. The minimum atomic E-state index is -0.759. The largest absolute Gasteiger partial charge is 0.390 e. The second kappa shape index (κ2) is 7.46. The van der Waals surface area contributed by atoms with Crippen molar-refractivity contribution in [3.05, 3.63) is 53.9 Å². The third kappa shape index (κ3) is 4.12. The molecule has 0 bridgehead atoms. The molecule has 1 aromatic heterocycles. The molecule has 1 aliphatic carbocycles. The van der Waals surface area contributed by atoms with Crippen LogP contribution in [0.1, 0.15) is 24.0 Å². The maximum Gasteiger partial charge on any atom is 0.315 e. The van der Waals surface area contributed by atoms with E-state index < -0.39 is 12.2 Å². The number of aliphatic hydroxyl groups is 2. The fourth-order valence-electron chi connectivity index (χ4n) is 2.98. The molecule has 0 saturated heterocycles. The van der Waals surface area contributed by atoms with Crippen molar-refractivity contribution in [1.82, 2.24) is 20.4 Å². The van der Waals surface area contributed by atoms with E-state index in [1.54, 1.807) is 6.20 Å². The van der Waals surface area contributed by atoms with Gasteiger partial charge in [0.05, 0.1) is 18.8 Å². The van der Waals surface area contributed by atoms with Crippen LogP contribution in [0.15, 0.2) is 42.7 Å². The van der Waals surface area contributed by atoms with Gasteiger partial charge in [0.2, 0.25) is 0 Å². The van der Waals surface area contributed by atoms with Crippen LogP contribution >= 0.6 is 0 Å². The van der Waals surface area contributed by atoms with Crippen molar-refractivity contribution in [3.8, 4) is 0 Å². The summed E-state index contributed by atoms with van der Waals surface area (Å²) in [6.45, 7) is 1.05. The first kappa shape index (κ1) is 16.5. The number of nitrogens with zero attached hydrogens (tertiary/aromatic N) is 2. The summed E-state index contributed by atoms with van der Waals surface area (Å²) in [5.41, 5.74) is 2.11. The predicted molar refractivity (Wildman–Crippen MR) is 88.2 cm³/mol. The number of carbonyl (C=O) groups is 1. The van der Waals surface area contributed by atoms with Crippen LogP contribution in [0.5, 0.6) is 0 Å². The van der Waals surface area contributed by atoms with Gasteiger partial charge in [-0.2, -0.15) is 5.10 Å². The first-order valence-electron chi connectivity index (χ1n) is 8.06. The van der Waals surface area contributed by atoms with E-state index in [-0.39, 0.29) is 12.1 Å². The molecule has 1 fully saturated rings. The van der Waals surface area contributed by atoms with Crippen LogP contribution in [-0.2, 0) is 13.1 Å². The van der Waals surface area contributed by atoms with Gasteiger partial charge in [0.25, 0.3) is 0 Å². The van der Waals surface area contributed by atoms with Gasteiger partial charge in [0.1, 0.15) is 0 Å². The Kier molecular flexibility index (Phi) is 5.12. The van der Waals surface area contributed by atoms with Gasteiger partial charge in [-0.1, -0.05) is 24.3 Å². The molecule has 2 amide bonds. The lowest BCUT2D eigenvalue weighted by atomic mass is 10.1. The summed E-state index contributed by atoms with van der Waals surface area (Å²) in [5.74, 6) is 0. The third-order valence-electron chi connectivity index (χ3n) is 4.28. The van der Waals surface area contributed by atoms with E-state index >= 15 is 0 Å². The lowest BCUT2D eigenvalue weighted by Gasteiger charge is -2.14. The number of urea groups is 1. The van der Waals surface area contributed by atoms with Crippen molar-refractivity contribution < 1.29 is 15.0 Å². The topological polar surface area (TPSA) is 99.4 Å². The van der Waals surface area contributed by atoms with Crippen molar-refractivity contribution in [1.29, 1.82) is 0 Å². The Bertz CT molecular complexity index is 664. The molecule has 0 aliphatic heterocycles. The zero-order valence-corrected chi connectivity index (χ0v) is 13.3. The lowest BCUT2D eigenvalue weighted by molar-refractivity contribution is 0.0438. The zero-order chi connectivity index (χ0) is 16.9. The van der Waals surface area contributed by atoms with Crippen LogP contribution in [0.4, 0.5) is 4.79 Å². The number of aliphatic hydroxyl groups excluding tert-OH is 2. The minimum Gasteiger partial charge on any atom is -0.390 e. The Morgan fingerprint density at radius 1 is 1.17 bits per heavy atom. The highest BCUT2D eigenvalue weighted by atomic mass is 16.3. The van der Waals surface area contributed by atoms with Gasteiger partial charge in [-0.25, -0.2) is 4.79 Å². The van der Waals surface area contributed by atoms with Gasteiger partial charge in [0.15, 0.2) is 0 Å². The number of hydrogen-bond donors (Lipinski definition) is 4. The summed E-state index contributed by atoms with van der Waals surface area (Å²) < 4.78 is 1.83. The molecule has 1 saturated carbocycles. The Hall–Kier alpha value is -2.38. The monoisotopic (exact) mass is 330 g/mol. The molecule has 1 aliphatic rings. The van der Waals surface area contributed by atoms with Crippen LogP contribution in [0, 0.1) is 0 Å². The van der Waals surface area contributed by atoms with E-state index in [1.165, 1.54) is 0 Å². The molecule has 1 heterocycles. The highest BCUT2D eigenvalue weighted by molar-refractivity contribution is 5.74. The second-order valence-electron chi connectivity index (χ2n) is 6.10. The van der Waals surface area contributed by atoms with Crippen molar-refractivity contribution in [2.75, 3.05) is 0 Å². The third-order valence-corrected chi connectivity index (χ3v) is 4.28. The molecular weight excluding hydrogens is 308 g/mol. The number of aromatic nitrogens is 2. The molecule has 0 radical (unpaired) electrons. The normalized spacial score (nSPS) is 23.2. The van der Waals surface area contributed by atoms with Crippen molar-refractivity contribution in [2.24, 2.45) is 0 Å². The van der Waals surface area contributed by atoms with Gasteiger partial charge >= 0.3 is 6.03 Å². The van der Waals surface area contributed by atoms with E-state index in [0.717, 1.165) is 11.1 Å². The highest BCUT2D eigenvalue weighted by Crippen LogP contribution is 2.19. The number of carbonyl (C=O) groups excluding carboxylic acids is 1. The van der Waals surface area contributed by atoms with Gasteiger partial charge in [0, 0.05) is 25.0 Å². The number of hydrogen-bond acceptors (Lipinski definition) is 4. The van der Waals surface area contributed by atoms with E-state index in [0.29, 0.717) is 25.9 Å². The summed E-state index contributed by atoms with van der Waals surface area (Å²) in [4.78, 5) is 12.0. The van der Waals surface area contributed by atoms with Crippen LogP contribution in [0.2, 0.25) is 0 Å². The Morgan fingerprint density at radius 3 is 2.54 bits per heavy atom. The Balaban J connectivity index is 1.54. The summed E-state index contributed by atoms with van der Waals surface area (Å²) in [5, 5.41) is 28.9. The molecule has 3 rings (SSSR count). The average molecular weight is 330 g/mol. The molecule has 128 valence electrons. The SMILES string of the molecule is O=C(NCc1ccccc1Cn1cccn1)NC1C[C@@H](O)[C@@H](O)C1. The van der Waals surface area contributed by atoms with Crippen LogP contribution < -0.4 is 10.6 Å². The fraction of sp³-hybridized carbons (Fsp3) is 0.412. The maximum absolute atomic E-state index is 12.0. The average Bonchev–Trinajstić information content (AvgIpc) is 3.17. The quantitative estimate of drug-likeness (QED) is 0.645. The van der Waals surface area contributed by atoms with Gasteiger partial charge in [-0.3, -0.25) is 4.68 Å². The summed E-state index contributed by atoms with van der Waals surface area (Å²) >= 11 is 0. The fourth-order valence-corrected chi connectivity index (χ4v) is 2.98. The summed E-state index contributed by atoms with van der Waals surface area (Å²) in [6.07, 6.45) is 2.87. The van der Waals surface area contributed by atoms with Gasteiger partial charge < -0.3 is 20.8 Å². The molecule has 0 spiro atoms. The van der Waals surface area contributed by atoms with E-state index in [9.17, 15) is 15.0 Å². The highest BCUT2D eigenvalue weighted by Gasteiger charge is 2.32. The molecular formula is C17H22N4O3. The molecule has 3 atom stereocenters. The Labute approximate surface area is 140 Å². The van der Waals surface area contributed by atoms with Crippen molar-refractivity contribution in [3.63, 3.8) is 0 Å². The standard InChI is InChI=1S/C17H22N4O3/c22-15-8-14(9-16(15)23)20-17(24)18-10-12-4-1-2-5-13(12)11-21-7-3-6-19-21/h1-7,14-16,22-23H,8-11H2,(H2,18,20,24)/t14?,15-,16+. The predicted octanol–water partition coefficient (Wildman–Crippen LogP) is 0.615. The van der Waals surface area contributed by atoms with Crippen molar-refractivity contribution >= 4 is 6.03 Å². The first-order chi connectivity index (χ1) is 11.6. The number of nitrogens with one attached hydrogen (secondary N) is 2. The number of rotatable bonds is 5. The molecule has 7 nitrogen and oxygen atoms in total. The van der Waals surface area contributed by atoms with Crippen molar-refractivity contribution in [2.45, 2.75) is 44.2 Å². The number of amides is 2. The lowest BCUT2D eigenvalue weighted by Crippen LogP contribution is -2.41. The number of benzene rings is 1. The van der Waals surface area contributed by atoms with Gasteiger partial charge in [-0.05, 0) is 30.0 Å². The molecule has 2 aromatic rings. The zero-order valence-electron chi connectivity index (χ0n) is 13.3. The Morgan fingerprint density at radius 2 is 1.88 bits per heavy atom. The van der Waals surface area contributed by atoms with Crippen LogP contribution in [0.25, 0.3) is 0 Å². The molecule has 1 unspecified atom stereocenters. The maximum atomic E-state index is 12.0.